The zero-order valence-corrected chi connectivity index (χ0v) is 13.6. The molecule has 0 fully saturated rings. The van der Waals surface area contributed by atoms with Crippen molar-refractivity contribution in [2.45, 2.75) is 27.7 Å². The van der Waals surface area contributed by atoms with Crippen molar-refractivity contribution in [3.63, 3.8) is 0 Å². The van der Waals surface area contributed by atoms with E-state index in [2.05, 4.69) is 5.43 Å². The van der Waals surface area contributed by atoms with E-state index in [1.165, 1.54) is 0 Å². The molecule has 1 aromatic carbocycles. The lowest BCUT2D eigenvalue weighted by atomic mass is 10.2. The molecule has 114 valence electrons. The van der Waals surface area contributed by atoms with Crippen molar-refractivity contribution in [3.05, 3.63) is 65.9 Å². The highest BCUT2D eigenvalue weighted by atomic mass is 16.1. The molecule has 3 heteroatoms. The van der Waals surface area contributed by atoms with E-state index in [4.69, 9.17) is 0 Å². The summed E-state index contributed by atoms with van der Waals surface area (Å²) in [5, 5.41) is 1.95. The Balaban J connectivity index is 0.00000191. The van der Waals surface area contributed by atoms with Gasteiger partial charge in [-0.05, 0) is 38.1 Å². The minimum atomic E-state index is 0.656. The van der Waals surface area contributed by atoms with Crippen molar-refractivity contribution in [1.29, 1.82) is 0 Å². The molecule has 0 aromatic heterocycles. The Labute approximate surface area is 128 Å². The van der Waals surface area contributed by atoms with Crippen LogP contribution in [0.2, 0.25) is 0 Å². The van der Waals surface area contributed by atoms with E-state index < -0.39 is 0 Å². The van der Waals surface area contributed by atoms with Crippen molar-refractivity contribution in [3.8, 4) is 0 Å². The number of carbonyl (C=O) groups excluding carboxylic acids is 1. The van der Waals surface area contributed by atoms with Crippen LogP contribution in [0.4, 0.5) is 5.69 Å². The van der Waals surface area contributed by atoms with Gasteiger partial charge in [-0.1, -0.05) is 44.2 Å². The molecule has 0 aliphatic rings. The van der Waals surface area contributed by atoms with E-state index in [1.54, 1.807) is 12.2 Å². The number of hydrogen-bond donors (Lipinski definition) is 1. The van der Waals surface area contributed by atoms with Crippen LogP contribution in [-0.2, 0) is 4.79 Å². The van der Waals surface area contributed by atoms with Crippen LogP contribution in [0.25, 0.3) is 0 Å². The number of rotatable bonds is 6. The highest BCUT2D eigenvalue weighted by Gasteiger charge is 2.06. The molecule has 1 rings (SSSR count). The molecule has 0 unspecified atom stereocenters. The van der Waals surface area contributed by atoms with Crippen LogP contribution in [0.5, 0.6) is 0 Å². The first kappa shape index (κ1) is 18.9. The monoisotopic (exact) mass is 286 g/mol. The van der Waals surface area contributed by atoms with E-state index in [0.29, 0.717) is 5.57 Å². The van der Waals surface area contributed by atoms with Gasteiger partial charge in [-0.2, -0.15) is 0 Å². The van der Waals surface area contributed by atoms with Gasteiger partial charge in [0.1, 0.15) is 6.29 Å². The fourth-order valence-corrected chi connectivity index (χ4v) is 1.67. The second kappa shape index (κ2) is 11.7. The fraction of sp³-hybridized carbons (Fsp3) is 0.278. The molecule has 0 aliphatic heterocycles. The van der Waals surface area contributed by atoms with Gasteiger partial charge in [0.25, 0.3) is 0 Å². The van der Waals surface area contributed by atoms with Crippen LogP contribution >= 0.6 is 0 Å². The van der Waals surface area contributed by atoms with E-state index in [9.17, 15) is 4.79 Å². The summed E-state index contributed by atoms with van der Waals surface area (Å²) in [7, 11) is 1.86. The number of nitrogens with zero attached hydrogens (tertiary/aromatic N) is 1. The van der Waals surface area contributed by atoms with Crippen LogP contribution in [0.3, 0.4) is 0 Å². The lowest BCUT2D eigenvalue weighted by Crippen LogP contribution is -2.33. The number of aldehydes is 1. The highest BCUT2D eigenvalue weighted by Crippen LogP contribution is 2.17. The van der Waals surface area contributed by atoms with Gasteiger partial charge >= 0.3 is 0 Å². The predicted octanol–water partition coefficient (Wildman–Crippen LogP) is 4.26. The molecule has 0 aliphatic carbocycles. The largest absolute Gasteiger partial charge is 0.298 e. The maximum Gasteiger partial charge on any atom is 0.149 e. The van der Waals surface area contributed by atoms with Crippen molar-refractivity contribution in [2.75, 3.05) is 12.1 Å². The lowest BCUT2D eigenvalue weighted by molar-refractivity contribution is -0.104. The molecule has 0 atom stereocenters. The summed E-state index contributed by atoms with van der Waals surface area (Å²) in [5.74, 6) is 0. The Bertz CT molecular complexity index is 487. The van der Waals surface area contributed by atoms with Crippen LogP contribution in [-0.4, -0.2) is 13.3 Å². The van der Waals surface area contributed by atoms with Gasteiger partial charge < -0.3 is 0 Å². The number of hydrogen-bond acceptors (Lipinski definition) is 3. The summed E-state index contributed by atoms with van der Waals surface area (Å²) < 4.78 is 0. The average Bonchev–Trinajstić information content (AvgIpc) is 2.57. The Morgan fingerprint density at radius 2 is 1.67 bits per heavy atom. The molecule has 0 bridgehead atoms. The quantitative estimate of drug-likeness (QED) is 0.367. The number of para-hydroxylation sites is 1. The molecule has 0 amide bonds. The van der Waals surface area contributed by atoms with Crippen LogP contribution in [0.15, 0.2) is 65.9 Å². The third-order valence-corrected chi connectivity index (χ3v) is 2.71. The average molecular weight is 286 g/mol. The van der Waals surface area contributed by atoms with Gasteiger partial charge in [0.05, 0.1) is 11.4 Å². The SMILES string of the molecule is C/C=C(/C=C\C(C=O)=C/C)N(NC)c1ccccc1.CC. The third-order valence-electron chi connectivity index (χ3n) is 2.71. The number of allylic oxidation sites excluding steroid dienone is 5. The molecule has 0 saturated carbocycles. The number of nitrogens with one attached hydrogen (secondary N) is 1. The first-order chi connectivity index (χ1) is 10.3. The normalized spacial score (nSPS) is 11.9. The van der Waals surface area contributed by atoms with Gasteiger partial charge in [-0.3, -0.25) is 9.80 Å². The first-order valence-electron chi connectivity index (χ1n) is 7.25. The summed E-state index contributed by atoms with van der Waals surface area (Å²) in [6.07, 6.45) is 8.32. The smallest absolute Gasteiger partial charge is 0.149 e. The molecule has 0 saturated heterocycles. The minimum Gasteiger partial charge on any atom is -0.298 e. The summed E-state index contributed by atoms with van der Waals surface area (Å²) in [5.41, 5.74) is 5.80. The molecular formula is C18H26N2O. The van der Waals surface area contributed by atoms with Crippen molar-refractivity contribution in [1.82, 2.24) is 5.43 Å². The van der Waals surface area contributed by atoms with Crippen LogP contribution in [0.1, 0.15) is 27.7 Å². The Hall–Kier alpha value is -2.13. The topological polar surface area (TPSA) is 32.3 Å². The second-order valence-electron chi connectivity index (χ2n) is 3.85. The highest BCUT2D eigenvalue weighted by molar-refractivity contribution is 5.77. The van der Waals surface area contributed by atoms with Crippen LogP contribution in [0, 0.1) is 0 Å². The summed E-state index contributed by atoms with van der Waals surface area (Å²) in [4.78, 5) is 10.8. The number of anilines is 1. The molecule has 21 heavy (non-hydrogen) atoms. The molecule has 1 aromatic rings. The maximum atomic E-state index is 10.8. The zero-order valence-electron chi connectivity index (χ0n) is 13.6. The van der Waals surface area contributed by atoms with Gasteiger partial charge in [-0.25, -0.2) is 5.43 Å². The van der Waals surface area contributed by atoms with Crippen molar-refractivity contribution >= 4 is 12.0 Å². The van der Waals surface area contributed by atoms with Gasteiger partial charge in [0.2, 0.25) is 0 Å². The third kappa shape index (κ3) is 6.23. The lowest BCUT2D eigenvalue weighted by Gasteiger charge is -2.24. The zero-order chi connectivity index (χ0) is 16.1. The molecule has 0 radical (unpaired) electrons. The first-order valence-corrected chi connectivity index (χ1v) is 7.25. The Morgan fingerprint density at radius 3 is 2.10 bits per heavy atom. The van der Waals surface area contributed by atoms with E-state index in [1.807, 2.05) is 82.2 Å². The van der Waals surface area contributed by atoms with Gasteiger partial charge in [0.15, 0.2) is 0 Å². The fourth-order valence-electron chi connectivity index (χ4n) is 1.67. The second-order valence-corrected chi connectivity index (χ2v) is 3.85. The molecular weight excluding hydrogens is 260 g/mol. The van der Waals surface area contributed by atoms with Gasteiger partial charge in [-0.15, -0.1) is 0 Å². The summed E-state index contributed by atoms with van der Waals surface area (Å²) in [6, 6.07) is 9.99. The van der Waals surface area contributed by atoms with Crippen molar-refractivity contribution < 1.29 is 4.79 Å². The number of carbonyl (C=O) groups is 1. The van der Waals surface area contributed by atoms with Crippen molar-refractivity contribution in [2.24, 2.45) is 0 Å². The molecule has 0 spiro atoms. The number of hydrazine groups is 1. The summed E-state index contributed by atoms with van der Waals surface area (Å²) >= 11 is 0. The minimum absolute atomic E-state index is 0.656. The molecule has 1 N–H and O–H groups in total. The number of benzene rings is 1. The maximum absolute atomic E-state index is 10.8. The Kier molecular flexibility index (Phi) is 10.5. The Morgan fingerprint density at radius 1 is 1.05 bits per heavy atom. The standard InChI is InChI=1S/C16H20N2O.C2H6/c1-4-14(13-19)11-12-15(5-2)18(17-3)16-9-7-6-8-10-16;1-2/h4-13,17H,1-3H3;1-2H3/b12-11-,14-4+,15-5-;. The summed E-state index contributed by atoms with van der Waals surface area (Å²) in [6.45, 7) is 7.81. The molecule has 0 heterocycles. The molecule has 3 nitrogen and oxygen atoms in total. The van der Waals surface area contributed by atoms with Gasteiger partial charge in [0, 0.05) is 12.6 Å². The van der Waals surface area contributed by atoms with E-state index in [-0.39, 0.29) is 0 Å². The van der Waals surface area contributed by atoms with E-state index >= 15 is 0 Å². The van der Waals surface area contributed by atoms with E-state index in [0.717, 1.165) is 17.7 Å². The predicted molar refractivity (Wildman–Crippen MR) is 92.0 cm³/mol. The van der Waals surface area contributed by atoms with Crippen LogP contribution < -0.4 is 10.4 Å².